The highest BCUT2D eigenvalue weighted by molar-refractivity contribution is 5.94. The molecule has 0 radical (unpaired) electrons. The molecule has 2 amide bonds. The standard InChI is InChI=1S/C29H30N2O7/c1-34-21-13-12-19(24(16-21)35-2)17-31-27(22-10-6-7-11-23(22)29-36-14-15-37-29)26(28(31)33)30-25(32)18-38-20-8-4-3-5-9-20/h3-13,16,26-27,29H,14-15,17-18H2,1-2H3,(H,30,32)/t26-,27+/m0/s1. The van der Waals surface area contributed by atoms with Crippen molar-refractivity contribution in [1.82, 2.24) is 10.2 Å². The van der Waals surface area contributed by atoms with Crippen LogP contribution in [0, 0.1) is 0 Å². The number of para-hydroxylation sites is 1. The predicted molar refractivity (Wildman–Crippen MR) is 138 cm³/mol. The second-order valence-electron chi connectivity index (χ2n) is 8.94. The van der Waals surface area contributed by atoms with Gasteiger partial charge in [0.2, 0.25) is 5.91 Å². The van der Waals surface area contributed by atoms with E-state index in [2.05, 4.69) is 5.32 Å². The van der Waals surface area contributed by atoms with Crippen LogP contribution in [0.2, 0.25) is 0 Å². The van der Waals surface area contributed by atoms with Crippen LogP contribution in [0.25, 0.3) is 0 Å². The molecule has 38 heavy (non-hydrogen) atoms. The van der Waals surface area contributed by atoms with Crippen molar-refractivity contribution in [3.8, 4) is 17.2 Å². The van der Waals surface area contributed by atoms with Crippen LogP contribution in [0.4, 0.5) is 0 Å². The number of hydrogen-bond acceptors (Lipinski definition) is 7. The van der Waals surface area contributed by atoms with Crippen LogP contribution in [-0.4, -0.2) is 56.8 Å². The summed E-state index contributed by atoms with van der Waals surface area (Å²) in [7, 11) is 3.16. The molecule has 2 atom stereocenters. The molecular weight excluding hydrogens is 488 g/mol. The maximum Gasteiger partial charge on any atom is 0.258 e. The van der Waals surface area contributed by atoms with Crippen molar-refractivity contribution in [1.29, 1.82) is 0 Å². The number of nitrogens with one attached hydrogen (secondary N) is 1. The Hall–Kier alpha value is -4.08. The van der Waals surface area contributed by atoms with Crippen LogP contribution in [0.1, 0.15) is 29.0 Å². The fraction of sp³-hybridized carbons (Fsp3) is 0.310. The van der Waals surface area contributed by atoms with Gasteiger partial charge in [0.1, 0.15) is 23.3 Å². The molecule has 0 aromatic heterocycles. The summed E-state index contributed by atoms with van der Waals surface area (Å²) in [6.45, 7) is 1.06. The molecule has 5 rings (SSSR count). The SMILES string of the molecule is COc1ccc(CN2C(=O)[C@@H](NC(=O)COc3ccccc3)[C@H]2c2ccccc2C2OCCO2)c(OC)c1. The van der Waals surface area contributed by atoms with E-state index in [1.165, 1.54) is 0 Å². The van der Waals surface area contributed by atoms with E-state index in [-0.39, 0.29) is 25.0 Å². The van der Waals surface area contributed by atoms with Crippen LogP contribution in [0.3, 0.4) is 0 Å². The van der Waals surface area contributed by atoms with Gasteiger partial charge in [-0.25, -0.2) is 0 Å². The van der Waals surface area contributed by atoms with Crippen LogP contribution in [-0.2, 0) is 25.6 Å². The maximum absolute atomic E-state index is 13.5. The third kappa shape index (κ3) is 5.29. The van der Waals surface area contributed by atoms with Gasteiger partial charge in [-0.15, -0.1) is 0 Å². The summed E-state index contributed by atoms with van der Waals surface area (Å²) in [5, 5.41) is 2.88. The normalized spacial score (nSPS) is 19.1. The number of benzene rings is 3. The molecule has 9 heteroatoms. The second kappa shape index (κ2) is 11.5. The van der Waals surface area contributed by atoms with Crippen molar-refractivity contribution in [2.75, 3.05) is 34.0 Å². The van der Waals surface area contributed by atoms with Gasteiger partial charge in [0.15, 0.2) is 12.9 Å². The highest BCUT2D eigenvalue weighted by atomic mass is 16.7. The lowest BCUT2D eigenvalue weighted by Gasteiger charge is -2.48. The molecule has 0 aliphatic carbocycles. The number of rotatable bonds is 10. The summed E-state index contributed by atoms with van der Waals surface area (Å²) >= 11 is 0. The summed E-state index contributed by atoms with van der Waals surface area (Å²) in [6.07, 6.45) is -0.531. The van der Waals surface area contributed by atoms with Crippen molar-refractivity contribution in [3.63, 3.8) is 0 Å². The monoisotopic (exact) mass is 518 g/mol. The van der Waals surface area contributed by atoms with Crippen LogP contribution in [0.5, 0.6) is 17.2 Å². The first-order valence-electron chi connectivity index (χ1n) is 12.4. The molecule has 1 N–H and O–H groups in total. The van der Waals surface area contributed by atoms with Crippen molar-refractivity contribution >= 4 is 11.8 Å². The molecule has 0 spiro atoms. The summed E-state index contributed by atoms with van der Waals surface area (Å²) in [4.78, 5) is 28.0. The van der Waals surface area contributed by atoms with Gasteiger partial charge in [-0.1, -0.05) is 42.5 Å². The van der Waals surface area contributed by atoms with E-state index in [1.807, 2.05) is 54.6 Å². The van der Waals surface area contributed by atoms with Crippen molar-refractivity contribution < 1.29 is 33.3 Å². The van der Waals surface area contributed by atoms with Crippen molar-refractivity contribution in [2.24, 2.45) is 0 Å². The molecule has 0 unspecified atom stereocenters. The average molecular weight is 519 g/mol. The van der Waals surface area contributed by atoms with Gasteiger partial charge in [0.25, 0.3) is 5.91 Å². The predicted octanol–water partition coefficient (Wildman–Crippen LogP) is 3.40. The second-order valence-corrected chi connectivity index (χ2v) is 8.94. The zero-order chi connectivity index (χ0) is 26.5. The van der Waals surface area contributed by atoms with Gasteiger partial charge >= 0.3 is 0 Å². The number of amides is 2. The molecule has 2 saturated heterocycles. The lowest BCUT2D eigenvalue weighted by atomic mass is 9.85. The average Bonchev–Trinajstić information content (AvgIpc) is 3.51. The van der Waals surface area contributed by atoms with E-state index < -0.39 is 18.4 Å². The number of hydrogen-bond donors (Lipinski definition) is 1. The van der Waals surface area contributed by atoms with Crippen LogP contribution >= 0.6 is 0 Å². The van der Waals surface area contributed by atoms with Gasteiger partial charge in [0, 0.05) is 17.2 Å². The minimum atomic E-state index is -0.770. The fourth-order valence-corrected chi connectivity index (χ4v) is 4.79. The number of carbonyl (C=O) groups is 2. The largest absolute Gasteiger partial charge is 0.497 e. The van der Waals surface area contributed by atoms with E-state index in [1.54, 1.807) is 37.3 Å². The summed E-state index contributed by atoms with van der Waals surface area (Å²) in [6, 6.07) is 21.0. The molecule has 0 saturated carbocycles. The minimum Gasteiger partial charge on any atom is -0.497 e. The molecule has 3 aromatic carbocycles. The highest BCUT2D eigenvalue weighted by Gasteiger charge is 2.50. The Bertz CT molecular complexity index is 1280. The Morgan fingerprint density at radius 3 is 2.34 bits per heavy atom. The molecule has 0 bridgehead atoms. The first-order chi connectivity index (χ1) is 18.6. The number of ether oxygens (including phenoxy) is 5. The Morgan fingerprint density at radius 1 is 0.921 bits per heavy atom. The van der Waals surface area contributed by atoms with Gasteiger partial charge in [-0.3, -0.25) is 9.59 Å². The Labute approximate surface area is 221 Å². The number of likely N-dealkylation sites (tertiary alicyclic amines) is 1. The number of nitrogens with zero attached hydrogens (tertiary/aromatic N) is 1. The van der Waals surface area contributed by atoms with Gasteiger partial charge in [-0.05, 0) is 29.8 Å². The Balaban J connectivity index is 1.40. The molecule has 198 valence electrons. The molecule has 3 aromatic rings. The Morgan fingerprint density at radius 2 is 1.63 bits per heavy atom. The molecular formula is C29H30N2O7. The maximum atomic E-state index is 13.5. The number of methoxy groups -OCH3 is 2. The summed E-state index contributed by atoms with van der Waals surface area (Å²) in [5.74, 6) is 1.25. The van der Waals surface area contributed by atoms with Gasteiger partial charge < -0.3 is 33.9 Å². The summed E-state index contributed by atoms with van der Waals surface area (Å²) in [5.41, 5.74) is 2.49. The zero-order valence-electron chi connectivity index (χ0n) is 21.3. The zero-order valence-corrected chi connectivity index (χ0v) is 21.3. The van der Waals surface area contributed by atoms with Gasteiger partial charge in [0.05, 0.1) is 40.0 Å². The molecule has 2 aliphatic heterocycles. The van der Waals surface area contributed by atoms with Crippen molar-refractivity contribution in [2.45, 2.75) is 24.9 Å². The van der Waals surface area contributed by atoms with E-state index in [0.717, 1.165) is 16.7 Å². The van der Waals surface area contributed by atoms with Crippen molar-refractivity contribution in [3.05, 3.63) is 89.5 Å². The third-order valence-corrected chi connectivity index (χ3v) is 6.66. The van der Waals surface area contributed by atoms with Gasteiger partial charge in [-0.2, -0.15) is 0 Å². The molecule has 9 nitrogen and oxygen atoms in total. The first-order valence-corrected chi connectivity index (χ1v) is 12.4. The van der Waals surface area contributed by atoms with E-state index >= 15 is 0 Å². The molecule has 2 aliphatic rings. The van der Waals surface area contributed by atoms with Crippen LogP contribution < -0.4 is 19.5 Å². The highest BCUT2D eigenvalue weighted by Crippen LogP contribution is 2.42. The van der Waals surface area contributed by atoms with E-state index in [4.69, 9.17) is 23.7 Å². The number of β-lactam (4-membered cyclic amide) rings is 1. The Kier molecular flexibility index (Phi) is 7.76. The minimum absolute atomic E-state index is 0.205. The fourth-order valence-electron chi connectivity index (χ4n) is 4.79. The molecule has 2 fully saturated rings. The lowest BCUT2D eigenvalue weighted by Crippen LogP contribution is -2.65. The van der Waals surface area contributed by atoms with Crippen LogP contribution in [0.15, 0.2) is 72.8 Å². The lowest BCUT2D eigenvalue weighted by molar-refractivity contribution is -0.155. The smallest absolute Gasteiger partial charge is 0.258 e. The quantitative estimate of drug-likeness (QED) is 0.411. The van der Waals surface area contributed by atoms with E-state index in [9.17, 15) is 9.59 Å². The third-order valence-electron chi connectivity index (χ3n) is 6.66. The molecule has 2 heterocycles. The first kappa shape index (κ1) is 25.6. The summed E-state index contributed by atoms with van der Waals surface area (Å²) < 4.78 is 28.0. The van der Waals surface area contributed by atoms with E-state index in [0.29, 0.717) is 30.5 Å². The number of carbonyl (C=O) groups excluding carboxylic acids is 2. The topological polar surface area (TPSA) is 95.6 Å².